The number of carboxylic acid groups (broad SMARTS) is 1. The van der Waals surface area contributed by atoms with Crippen molar-refractivity contribution in [3.8, 4) is 0 Å². The smallest absolute Gasteiger partial charge is 0.303 e. The number of carboxylic acids is 1. The summed E-state index contributed by atoms with van der Waals surface area (Å²) in [6, 6.07) is 2.77. The number of carbonyl (C=O) groups is 3. The molecule has 1 heterocycles. The summed E-state index contributed by atoms with van der Waals surface area (Å²) in [7, 11) is 0. The second-order valence-electron chi connectivity index (χ2n) is 4.78. The average molecular weight is 279 g/mol. The maximum Gasteiger partial charge on any atom is 0.303 e. The second kappa shape index (κ2) is 5.40. The molecule has 1 aliphatic rings. The van der Waals surface area contributed by atoms with Gasteiger partial charge in [-0.25, -0.2) is 4.39 Å². The molecule has 0 spiro atoms. The predicted molar refractivity (Wildman–Crippen MR) is 69.3 cm³/mol. The van der Waals surface area contributed by atoms with E-state index in [0.717, 1.165) is 4.90 Å². The number of nitrogens with zero attached hydrogens (tertiary/aromatic N) is 1. The van der Waals surface area contributed by atoms with E-state index in [4.69, 9.17) is 5.11 Å². The molecule has 0 unspecified atom stereocenters. The van der Waals surface area contributed by atoms with Crippen molar-refractivity contribution < 1.29 is 23.9 Å². The quantitative estimate of drug-likeness (QED) is 0.660. The number of aliphatic carboxylic acids is 1. The fraction of sp³-hybridized carbons (Fsp3) is 0.357. The summed E-state index contributed by atoms with van der Waals surface area (Å²) in [6.45, 7) is 1.79. The molecule has 0 atom stereocenters. The minimum absolute atomic E-state index is 0.0147. The van der Waals surface area contributed by atoms with Gasteiger partial charge in [0, 0.05) is 13.0 Å². The summed E-state index contributed by atoms with van der Waals surface area (Å²) in [4.78, 5) is 35.2. The van der Waals surface area contributed by atoms with Gasteiger partial charge in [0.25, 0.3) is 11.7 Å². The maximum absolute atomic E-state index is 13.9. The third-order valence-corrected chi connectivity index (χ3v) is 3.18. The van der Waals surface area contributed by atoms with Gasteiger partial charge in [0.1, 0.15) is 5.82 Å². The van der Waals surface area contributed by atoms with Gasteiger partial charge in [-0.1, -0.05) is 0 Å². The van der Waals surface area contributed by atoms with Crippen LogP contribution in [0.2, 0.25) is 0 Å². The second-order valence-corrected chi connectivity index (χ2v) is 4.78. The molecule has 1 N–H and O–H groups in total. The van der Waals surface area contributed by atoms with Crippen molar-refractivity contribution in [3.63, 3.8) is 0 Å². The number of aryl methyl sites for hydroxylation is 1. The summed E-state index contributed by atoms with van der Waals surface area (Å²) in [5.41, 5.74) is 0.682. The molecule has 1 aromatic carbocycles. The zero-order valence-electron chi connectivity index (χ0n) is 11.0. The monoisotopic (exact) mass is 279 g/mol. The van der Waals surface area contributed by atoms with Crippen molar-refractivity contribution in [2.75, 3.05) is 11.4 Å². The minimum Gasteiger partial charge on any atom is -0.481 e. The van der Waals surface area contributed by atoms with Crippen molar-refractivity contribution in [1.82, 2.24) is 0 Å². The van der Waals surface area contributed by atoms with E-state index in [0.29, 0.717) is 18.4 Å². The molecule has 1 aliphatic heterocycles. The minimum atomic E-state index is -0.920. The Morgan fingerprint density at radius 3 is 2.65 bits per heavy atom. The van der Waals surface area contributed by atoms with Crippen LogP contribution in [0, 0.1) is 12.7 Å². The van der Waals surface area contributed by atoms with E-state index in [1.807, 2.05) is 0 Å². The van der Waals surface area contributed by atoms with Gasteiger partial charge in [0.05, 0.1) is 11.3 Å². The average Bonchev–Trinajstić information content (AvgIpc) is 2.59. The number of hydrogen-bond donors (Lipinski definition) is 1. The molecule has 1 aromatic rings. The highest BCUT2D eigenvalue weighted by atomic mass is 19.1. The summed E-state index contributed by atoms with van der Waals surface area (Å²) >= 11 is 0. The molecule has 20 heavy (non-hydrogen) atoms. The number of Topliss-reactive ketones (excluding diaryl/α,β-unsaturated/α-hetero) is 1. The Morgan fingerprint density at radius 2 is 2.00 bits per heavy atom. The lowest BCUT2D eigenvalue weighted by Gasteiger charge is -2.16. The van der Waals surface area contributed by atoms with E-state index in [-0.39, 0.29) is 24.2 Å². The number of anilines is 1. The molecule has 0 fully saturated rings. The molecular formula is C14H14FNO4. The first-order chi connectivity index (χ1) is 9.41. The molecule has 5 nitrogen and oxygen atoms in total. The first-order valence-electron chi connectivity index (χ1n) is 6.30. The number of halogens is 1. The van der Waals surface area contributed by atoms with E-state index in [9.17, 15) is 18.8 Å². The summed E-state index contributed by atoms with van der Waals surface area (Å²) in [6.07, 6.45) is 0.757. The van der Waals surface area contributed by atoms with Crippen LogP contribution in [0.15, 0.2) is 12.1 Å². The van der Waals surface area contributed by atoms with E-state index >= 15 is 0 Å². The lowest BCUT2D eigenvalue weighted by atomic mass is 10.1. The van der Waals surface area contributed by atoms with Crippen LogP contribution in [0.5, 0.6) is 0 Å². The Kier molecular flexibility index (Phi) is 3.83. The highest BCUT2D eigenvalue weighted by Gasteiger charge is 2.37. The van der Waals surface area contributed by atoms with Gasteiger partial charge in [0.2, 0.25) is 0 Å². The van der Waals surface area contributed by atoms with E-state index in [2.05, 4.69) is 0 Å². The summed E-state index contributed by atoms with van der Waals surface area (Å²) in [5, 5.41) is 8.54. The molecule has 106 valence electrons. The highest BCUT2D eigenvalue weighted by Crippen LogP contribution is 2.33. The standard InChI is InChI=1S/C14H14FNO4/c1-8-6-9-12(10(15)7-8)16(14(20)13(9)19)5-3-2-4-11(17)18/h6-7H,2-5H2,1H3,(H,17,18). The summed E-state index contributed by atoms with van der Waals surface area (Å²) < 4.78 is 13.9. The summed E-state index contributed by atoms with van der Waals surface area (Å²) in [5.74, 6) is -2.98. The number of rotatable bonds is 5. The lowest BCUT2D eigenvalue weighted by molar-refractivity contribution is -0.137. The van der Waals surface area contributed by atoms with Crippen LogP contribution >= 0.6 is 0 Å². The Balaban J connectivity index is 2.18. The predicted octanol–water partition coefficient (Wildman–Crippen LogP) is 1.92. The SMILES string of the molecule is Cc1cc(F)c2c(c1)C(=O)C(=O)N2CCCCC(=O)O. The number of hydrogen-bond acceptors (Lipinski definition) is 3. The molecule has 0 saturated carbocycles. The van der Waals surface area contributed by atoms with Gasteiger partial charge in [-0.05, 0) is 37.5 Å². The third-order valence-electron chi connectivity index (χ3n) is 3.18. The fourth-order valence-corrected chi connectivity index (χ4v) is 2.28. The van der Waals surface area contributed by atoms with Crippen LogP contribution in [0.4, 0.5) is 10.1 Å². The van der Waals surface area contributed by atoms with Gasteiger partial charge < -0.3 is 10.0 Å². The Bertz CT molecular complexity index is 597. The molecule has 0 bridgehead atoms. The van der Waals surface area contributed by atoms with Crippen molar-refractivity contribution in [1.29, 1.82) is 0 Å². The van der Waals surface area contributed by atoms with Gasteiger partial charge in [-0.2, -0.15) is 0 Å². The first-order valence-corrected chi connectivity index (χ1v) is 6.30. The molecule has 0 aliphatic carbocycles. The zero-order chi connectivity index (χ0) is 14.9. The Morgan fingerprint density at radius 1 is 1.30 bits per heavy atom. The van der Waals surface area contributed by atoms with Crippen molar-refractivity contribution in [3.05, 3.63) is 29.1 Å². The van der Waals surface area contributed by atoms with Gasteiger partial charge in [-0.3, -0.25) is 14.4 Å². The van der Waals surface area contributed by atoms with Gasteiger partial charge in [0.15, 0.2) is 0 Å². The van der Waals surface area contributed by atoms with Crippen molar-refractivity contribution in [2.45, 2.75) is 26.2 Å². The molecule has 0 aromatic heterocycles. The van der Waals surface area contributed by atoms with E-state index in [1.165, 1.54) is 12.1 Å². The van der Waals surface area contributed by atoms with Crippen LogP contribution in [-0.2, 0) is 9.59 Å². The molecule has 0 radical (unpaired) electrons. The van der Waals surface area contributed by atoms with Crippen LogP contribution < -0.4 is 4.90 Å². The van der Waals surface area contributed by atoms with Crippen molar-refractivity contribution >= 4 is 23.3 Å². The maximum atomic E-state index is 13.9. The number of benzene rings is 1. The van der Waals surface area contributed by atoms with Crippen LogP contribution in [0.1, 0.15) is 35.2 Å². The fourth-order valence-electron chi connectivity index (χ4n) is 2.28. The molecular weight excluding hydrogens is 265 g/mol. The number of amides is 1. The van der Waals surface area contributed by atoms with Gasteiger partial charge >= 0.3 is 5.97 Å². The van der Waals surface area contributed by atoms with Crippen LogP contribution in [0.3, 0.4) is 0 Å². The highest BCUT2D eigenvalue weighted by molar-refractivity contribution is 6.52. The molecule has 0 saturated heterocycles. The number of carbonyl (C=O) groups excluding carboxylic acids is 2. The number of unbranched alkanes of at least 4 members (excludes halogenated alkanes) is 1. The first kappa shape index (κ1) is 14.2. The molecule has 6 heteroatoms. The topological polar surface area (TPSA) is 74.7 Å². The van der Waals surface area contributed by atoms with Gasteiger partial charge in [-0.15, -0.1) is 0 Å². The van der Waals surface area contributed by atoms with E-state index < -0.39 is 23.5 Å². The van der Waals surface area contributed by atoms with E-state index in [1.54, 1.807) is 6.92 Å². The Hall–Kier alpha value is -2.24. The molecule has 1 amide bonds. The Labute approximate surface area is 115 Å². The zero-order valence-corrected chi connectivity index (χ0v) is 11.0. The van der Waals surface area contributed by atoms with Crippen LogP contribution in [0.25, 0.3) is 0 Å². The normalized spacial score (nSPS) is 13.8. The van der Waals surface area contributed by atoms with Crippen molar-refractivity contribution in [2.24, 2.45) is 0 Å². The van der Waals surface area contributed by atoms with Crippen LogP contribution in [-0.4, -0.2) is 29.3 Å². The largest absolute Gasteiger partial charge is 0.481 e. The third kappa shape index (κ3) is 2.54. The number of ketones is 1. The lowest BCUT2D eigenvalue weighted by Crippen LogP contribution is -2.31. The number of fused-ring (bicyclic) bond motifs is 1. The molecule has 2 rings (SSSR count).